The molecule has 5 heteroatoms. The van der Waals surface area contributed by atoms with Crippen LogP contribution >= 0.6 is 0 Å². The lowest BCUT2D eigenvalue weighted by molar-refractivity contribution is -0.125. The predicted octanol–water partition coefficient (Wildman–Crippen LogP) is 0.917. The lowest BCUT2D eigenvalue weighted by atomic mass is 10.3. The van der Waals surface area contributed by atoms with Crippen molar-refractivity contribution in [2.45, 2.75) is 19.4 Å². The summed E-state index contributed by atoms with van der Waals surface area (Å²) in [6, 6.07) is 3.58. The molecule has 0 bridgehead atoms. The number of rotatable bonds is 7. The summed E-state index contributed by atoms with van der Waals surface area (Å²) in [5.41, 5.74) is 0. The summed E-state index contributed by atoms with van der Waals surface area (Å²) in [5.74, 6) is 0.798. The molecule has 0 fully saturated rings. The molecule has 0 unspecified atom stereocenters. The summed E-state index contributed by atoms with van der Waals surface area (Å²) in [6.45, 7) is 3.07. The second-order valence-corrected chi connectivity index (χ2v) is 4.32. The summed E-state index contributed by atoms with van der Waals surface area (Å²) in [4.78, 5) is 17.4. The van der Waals surface area contributed by atoms with Gasteiger partial charge in [-0.05, 0) is 39.6 Å². The first-order valence-electron chi connectivity index (χ1n) is 6.08. The molecule has 0 spiro atoms. The van der Waals surface area contributed by atoms with E-state index < -0.39 is 0 Å². The highest BCUT2D eigenvalue weighted by Crippen LogP contribution is 2.05. The topological polar surface area (TPSA) is 54.5 Å². The zero-order valence-electron chi connectivity index (χ0n) is 11.2. The van der Waals surface area contributed by atoms with Gasteiger partial charge in [0.2, 0.25) is 5.91 Å². The number of ether oxygens (including phenoxy) is 1. The van der Waals surface area contributed by atoms with Gasteiger partial charge in [0.05, 0.1) is 18.8 Å². The number of carbonyl (C=O) groups excluding carboxylic acids is 1. The smallest absolute Gasteiger partial charge is 0.237 e. The Morgan fingerprint density at radius 3 is 2.94 bits per heavy atom. The molecule has 0 aromatic carbocycles. The molecule has 1 aromatic heterocycles. The first-order chi connectivity index (χ1) is 8.61. The average Bonchev–Trinajstić information content (AvgIpc) is 2.38. The van der Waals surface area contributed by atoms with Crippen LogP contribution in [0.1, 0.15) is 13.3 Å². The van der Waals surface area contributed by atoms with Gasteiger partial charge in [0.1, 0.15) is 5.75 Å². The number of likely N-dealkylation sites (N-methyl/N-ethyl adjacent to an activating group) is 1. The molecule has 1 atom stereocenters. The normalized spacial score (nSPS) is 12.2. The van der Waals surface area contributed by atoms with E-state index >= 15 is 0 Å². The number of pyridine rings is 1. The monoisotopic (exact) mass is 251 g/mol. The third kappa shape index (κ3) is 5.14. The Bertz CT molecular complexity index is 355. The third-order valence-corrected chi connectivity index (χ3v) is 2.68. The predicted molar refractivity (Wildman–Crippen MR) is 70.5 cm³/mol. The highest BCUT2D eigenvalue weighted by atomic mass is 16.5. The fraction of sp³-hybridized carbons (Fsp3) is 0.538. The first kappa shape index (κ1) is 14.4. The summed E-state index contributed by atoms with van der Waals surface area (Å²) in [7, 11) is 3.77. The van der Waals surface area contributed by atoms with Crippen molar-refractivity contribution in [3.8, 4) is 5.75 Å². The van der Waals surface area contributed by atoms with E-state index in [2.05, 4.69) is 10.3 Å². The lowest BCUT2D eigenvalue weighted by Gasteiger charge is -2.18. The number of nitrogens with one attached hydrogen (secondary N) is 1. The van der Waals surface area contributed by atoms with Gasteiger partial charge in [-0.1, -0.05) is 0 Å². The van der Waals surface area contributed by atoms with E-state index in [1.54, 1.807) is 12.4 Å². The van der Waals surface area contributed by atoms with Gasteiger partial charge in [0.15, 0.2) is 0 Å². The van der Waals surface area contributed by atoms with Gasteiger partial charge in [0, 0.05) is 12.7 Å². The maximum Gasteiger partial charge on any atom is 0.237 e. The fourth-order valence-electron chi connectivity index (χ4n) is 1.29. The number of aromatic nitrogens is 1. The summed E-state index contributed by atoms with van der Waals surface area (Å²) in [5, 5.41) is 2.87. The van der Waals surface area contributed by atoms with Crippen LogP contribution in [0.4, 0.5) is 0 Å². The summed E-state index contributed by atoms with van der Waals surface area (Å²) < 4.78 is 5.47. The maximum absolute atomic E-state index is 11.6. The van der Waals surface area contributed by atoms with Crippen LogP contribution in [0.15, 0.2) is 24.5 Å². The highest BCUT2D eigenvalue weighted by Gasteiger charge is 2.13. The lowest BCUT2D eigenvalue weighted by Crippen LogP contribution is -2.41. The number of hydrogen-bond acceptors (Lipinski definition) is 4. The van der Waals surface area contributed by atoms with Crippen molar-refractivity contribution in [2.24, 2.45) is 0 Å². The molecule has 18 heavy (non-hydrogen) atoms. The van der Waals surface area contributed by atoms with Crippen LogP contribution < -0.4 is 10.1 Å². The van der Waals surface area contributed by atoms with Crippen molar-refractivity contribution < 1.29 is 9.53 Å². The van der Waals surface area contributed by atoms with Crippen LogP contribution in [0.5, 0.6) is 5.75 Å². The molecule has 0 saturated heterocycles. The molecule has 100 valence electrons. The molecular formula is C13H21N3O2. The van der Waals surface area contributed by atoms with E-state index in [1.165, 1.54) is 0 Å². The Hall–Kier alpha value is -1.62. The average molecular weight is 251 g/mol. The molecule has 0 aliphatic carbocycles. The van der Waals surface area contributed by atoms with Gasteiger partial charge in [-0.2, -0.15) is 0 Å². The fourth-order valence-corrected chi connectivity index (χ4v) is 1.29. The van der Waals surface area contributed by atoms with Gasteiger partial charge >= 0.3 is 0 Å². The van der Waals surface area contributed by atoms with Crippen LogP contribution in [0, 0.1) is 0 Å². The quantitative estimate of drug-likeness (QED) is 0.732. The third-order valence-electron chi connectivity index (χ3n) is 2.68. The van der Waals surface area contributed by atoms with Crippen LogP contribution in [0.25, 0.3) is 0 Å². The van der Waals surface area contributed by atoms with Crippen molar-refractivity contribution in [2.75, 3.05) is 27.2 Å². The number of nitrogens with zero attached hydrogens (tertiary/aromatic N) is 2. The van der Waals surface area contributed by atoms with Crippen LogP contribution in [0.3, 0.4) is 0 Å². The first-order valence-corrected chi connectivity index (χ1v) is 6.08. The van der Waals surface area contributed by atoms with Crippen LogP contribution in [-0.2, 0) is 4.79 Å². The van der Waals surface area contributed by atoms with Gasteiger partial charge in [-0.25, -0.2) is 0 Å². The summed E-state index contributed by atoms with van der Waals surface area (Å²) >= 11 is 0. The molecule has 0 aliphatic rings. The van der Waals surface area contributed by atoms with Crippen LogP contribution in [0.2, 0.25) is 0 Å². The molecule has 0 aliphatic heterocycles. The molecule has 0 radical (unpaired) electrons. The van der Waals surface area contributed by atoms with Crippen molar-refractivity contribution in [3.05, 3.63) is 24.5 Å². The zero-order chi connectivity index (χ0) is 13.4. The Kier molecular flexibility index (Phi) is 6.14. The van der Waals surface area contributed by atoms with Crippen LogP contribution in [-0.4, -0.2) is 49.1 Å². The maximum atomic E-state index is 11.6. The van der Waals surface area contributed by atoms with E-state index in [-0.39, 0.29) is 11.9 Å². The second kappa shape index (κ2) is 7.66. The minimum atomic E-state index is -0.107. The molecule has 1 aromatic rings. The Morgan fingerprint density at radius 2 is 2.33 bits per heavy atom. The van der Waals surface area contributed by atoms with Gasteiger partial charge in [-0.15, -0.1) is 0 Å². The molecule has 1 rings (SSSR count). The minimum Gasteiger partial charge on any atom is -0.492 e. The molecule has 1 amide bonds. The molecule has 5 nitrogen and oxygen atoms in total. The molecule has 0 saturated carbocycles. The van der Waals surface area contributed by atoms with E-state index in [1.807, 2.05) is 38.1 Å². The van der Waals surface area contributed by atoms with Crippen molar-refractivity contribution in [1.82, 2.24) is 15.2 Å². The Balaban J connectivity index is 2.11. The van der Waals surface area contributed by atoms with Crippen molar-refractivity contribution in [3.63, 3.8) is 0 Å². The van der Waals surface area contributed by atoms with E-state index in [4.69, 9.17) is 4.74 Å². The SMILES string of the molecule is C[C@H](C(=O)NCCCOc1cccnc1)N(C)C. The van der Waals surface area contributed by atoms with Crippen molar-refractivity contribution in [1.29, 1.82) is 0 Å². The minimum absolute atomic E-state index is 0.0429. The van der Waals surface area contributed by atoms with E-state index in [0.717, 1.165) is 12.2 Å². The number of carbonyl (C=O) groups is 1. The highest BCUT2D eigenvalue weighted by molar-refractivity contribution is 5.81. The van der Waals surface area contributed by atoms with Crippen molar-refractivity contribution >= 4 is 5.91 Å². The number of hydrogen-bond donors (Lipinski definition) is 1. The van der Waals surface area contributed by atoms with Gasteiger partial charge in [0.25, 0.3) is 0 Å². The standard InChI is InChI=1S/C13H21N3O2/c1-11(16(2)3)13(17)15-8-5-9-18-12-6-4-7-14-10-12/h4,6-7,10-11H,5,8-9H2,1-3H3,(H,15,17)/t11-/m1/s1. The Labute approximate surface area is 108 Å². The molecular weight excluding hydrogens is 230 g/mol. The second-order valence-electron chi connectivity index (χ2n) is 4.32. The molecule has 1 N–H and O–H groups in total. The summed E-state index contributed by atoms with van der Waals surface area (Å²) in [6.07, 6.45) is 4.16. The number of amides is 1. The van der Waals surface area contributed by atoms with Gasteiger partial charge < -0.3 is 10.1 Å². The Morgan fingerprint density at radius 1 is 1.56 bits per heavy atom. The van der Waals surface area contributed by atoms with Gasteiger partial charge in [-0.3, -0.25) is 14.7 Å². The van der Waals surface area contributed by atoms with E-state index in [0.29, 0.717) is 13.2 Å². The van der Waals surface area contributed by atoms with E-state index in [9.17, 15) is 4.79 Å². The largest absolute Gasteiger partial charge is 0.492 e. The zero-order valence-corrected chi connectivity index (χ0v) is 11.2. The molecule has 1 heterocycles.